The summed E-state index contributed by atoms with van der Waals surface area (Å²) in [5.74, 6) is 0.384. The summed E-state index contributed by atoms with van der Waals surface area (Å²) in [5, 5.41) is 14.1. The molecule has 0 radical (unpaired) electrons. The van der Waals surface area contributed by atoms with E-state index in [9.17, 15) is 5.11 Å². The van der Waals surface area contributed by atoms with Crippen molar-refractivity contribution in [3.63, 3.8) is 0 Å². The number of hydrogen-bond acceptors (Lipinski definition) is 2. The van der Waals surface area contributed by atoms with E-state index in [4.69, 9.17) is 0 Å². The van der Waals surface area contributed by atoms with Crippen LogP contribution in [0, 0.1) is 5.92 Å². The molecule has 1 rings (SSSR count). The Bertz CT molecular complexity index is 400. The molecule has 0 aliphatic heterocycles. The monoisotopic (exact) mass is 277 g/mol. The second-order valence-electron chi connectivity index (χ2n) is 7.41. The number of nitrogens with one attached hydrogen (secondary N) is 1. The van der Waals surface area contributed by atoms with E-state index < -0.39 is 6.10 Å². The number of rotatable bonds is 5. The van der Waals surface area contributed by atoms with Gasteiger partial charge in [-0.1, -0.05) is 72.7 Å². The third-order valence-electron chi connectivity index (χ3n) is 3.70. The maximum atomic E-state index is 10.6. The van der Waals surface area contributed by atoms with Gasteiger partial charge in [0.25, 0.3) is 0 Å². The van der Waals surface area contributed by atoms with E-state index in [1.807, 2.05) is 0 Å². The highest BCUT2D eigenvalue weighted by Gasteiger charge is 2.25. The van der Waals surface area contributed by atoms with Crippen molar-refractivity contribution < 1.29 is 5.11 Å². The average molecular weight is 277 g/mol. The van der Waals surface area contributed by atoms with Gasteiger partial charge in [0, 0.05) is 12.1 Å². The summed E-state index contributed by atoms with van der Waals surface area (Å²) in [6.45, 7) is 15.1. The van der Waals surface area contributed by atoms with E-state index >= 15 is 0 Å². The lowest BCUT2D eigenvalue weighted by atomic mass is 9.85. The van der Waals surface area contributed by atoms with Gasteiger partial charge in [0.1, 0.15) is 0 Å². The van der Waals surface area contributed by atoms with E-state index in [2.05, 4.69) is 78.0 Å². The van der Waals surface area contributed by atoms with Gasteiger partial charge in [-0.2, -0.15) is 0 Å². The molecule has 1 aromatic carbocycles. The molecule has 2 heteroatoms. The summed E-state index contributed by atoms with van der Waals surface area (Å²) in [6.07, 6.45) is -0.466. The van der Waals surface area contributed by atoms with Gasteiger partial charge < -0.3 is 10.4 Å². The standard InChI is InChI=1S/C18H31NO/c1-12(2)16(19-13(3)4)17(20)14-8-10-15(11-9-14)18(5,6)7/h8-13,16-17,19-20H,1-7H3. The molecule has 0 bridgehead atoms. The lowest BCUT2D eigenvalue weighted by Crippen LogP contribution is -2.43. The van der Waals surface area contributed by atoms with Crippen LogP contribution in [0.5, 0.6) is 0 Å². The normalized spacial score (nSPS) is 15.7. The van der Waals surface area contributed by atoms with Crippen LogP contribution < -0.4 is 5.32 Å². The largest absolute Gasteiger partial charge is 0.387 e. The smallest absolute Gasteiger partial charge is 0.0945 e. The molecule has 0 aliphatic carbocycles. The quantitative estimate of drug-likeness (QED) is 0.851. The Hall–Kier alpha value is -0.860. The van der Waals surface area contributed by atoms with Crippen LogP contribution in [-0.4, -0.2) is 17.2 Å². The molecule has 0 spiro atoms. The SMILES string of the molecule is CC(C)NC(C(C)C)C(O)c1ccc(C(C)(C)C)cc1. The Labute approximate surface area is 124 Å². The molecule has 2 nitrogen and oxygen atoms in total. The molecule has 0 saturated heterocycles. The van der Waals surface area contributed by atoms with Crippen molar-refractivity contribution in [3.05, 3.63) is 35.4 Å². The minimum atomic E-state index is -0.466. The fourth-order valence-electron chi connectivity index (χ4n) is 2.42. The van der Waals surface area contributed by atoms with E-state index in [0.29, 0.717) is 12.0 Å². The van der Waals surface area contributed by atoms with Gasteiger partial charge in [-0.3, -0.25) is 0 Å². The number of aliphatic hydroxyl groups is 1. The van der Waals surface area contributed by atoms with Crippen LogP contribution in [0.3, 0.4) is 0 Å². The molecule has 0 saturated carbocycles. The highest BCUT2D eigenvalue weighted by molar-refractivity contribution is 5.29. The molecule has 20 heavy (non-hydrogen) atoms. The van der Waals surface area contributed by atoms with Crippen LogP contribution in [0.2, 0.25) is 0 Å². The van der Waals surface area contributed by atoms with Gasteiger partial charge in [-0.15, -0.1) is 0 Å². The first kappa shape index (κ1) is 17.2. The second-order valence-corrected chi connectivity index (χ2v) is 7.41. The van der Waals surface area contributed by atoms with Crippen molar-refractivity contribution in [3.8, 4) is 0 Å². The van der Waals surface area contributed by atoms with E-state index in [0.717, 1.165) is 5.56 Å². The van der Waals surface area contributed by atoms with Crippen LogP contribution in [0.25, 0.3) is 0 Å². The zero-order chi connectivity index (χ0) is 15.5. The van der Waals surface area contributed by atoms with Crippen LogP contribution in [-0.2, 0) is 5.41 Å². The van der Waals surface area contributed by atoms with Gasteiger partial charge in [0.2, 0.25) is 0 Å². The fourth-order valence-corrected chi connectivity index (χ4v) is 2.42. The Balaban J connectivity index is 2.92. The molecular weight excluding hydrogens is 246 g/mol. The first-order valence-electron chi connectivity index (χ1n) is 7.67. The lowest BCUT2D eigenvalue weighted by molar-refractivity contribution is 0.100. The first-order valence-corrected chi connectivity index (χ1v) is 7.67. The molecule has 0 heterocycles. The van der Waals surface area contributed by atoms with Crippen molar-refractivity contribution >= 4 is 0 Å². The van der Waals surface area contributed by atoms with Gasteiger partial charge in [-0.05, 0) is 22.5 Å². The van der Waals surface area contributed by atoms with Crippen molar-refractivity contribution in [2.45, 2.75) is 72.1 Å². The predicted molar refractivity (Wildman–Crippen MR) is 87.0 cm³/mol. The molecule has 2 atom stereocenters. The van der Waals surface area contributed by atoms with Crippen LogP contribution in [0.15, 0.2) is 24.3 Å². The van der Waals surface area contributed by atoms with Gasteiger partial charge in [-0.25, -0.2) is 0 Å². The van der Waals surface area contributed by atoms with Gasteiger partial charge in [0.05, 0.1) is 6.10 Å². The summed E-state index contributed by atoms with van der Waals surface area (Å²) in [5.41, 5.74) is 2.44. The number of hydrogen-bond donors (Lipinski definition) is 2. The van der Waals surface area contributed by atoms with Gasteiger partial charge >= 0.3 is 0 Å². The first-order chi connectivity index (χ1) is 9.12. The number of benzene rings is 1. The molecule has 0 aromatic heterocycles. The average Bonchev–Trinajstić information content (AvgIpc) is 2.33. The van der Waals surface area contributed by atoms with Crippen molar-refractivity contribution in [1.29, 1.82) is 0 Å². The van der Waals surface area contributed by atoms with Crippen molar-refractivity contribution in [2.24, 2.45) is 5.92 Å². The summed E-state index contributed by atoms with van der Waals surface area (Å²) in [4.78, 5) is 0. The zero-order valence-electron chi connectivity index (χ0n) is 14.1. The lowest BCUT2D eigenvalue weighted by Gasteiger charge is -2.30. The zero-order valence-corrected chi connectivity index (χ0v) is 14.1. The van der Waals surface area contributed by atoms with Crippen LogP contribution in [0.1, 0.15) is 65.7 Å². The maximum Gasteiger partial charge on any atom is 0.0945 e. The highest BCUT2D eigenvalue weighted by Crippen LogP contribution is 2.26. The highest BCUT2D eigenvalue weighted by atomic mass is 16.3. The van der Waals surface area contributed by atoms with Crippen molar-refractivity contribution in [1.82, 2.24) is 5.32 Å². The summed E-state index contributed by atoms with van der Waals surface area (Å²) >= 11 is 0. The van der Waals surface area contributed by atoms with E-state index in [1.165, 1.54) is 5.56 Å². The molecule has 0 aliphatic rings. The topological polar surface area (TPSA) is 32.3 Å². The van der Waals surface area contributed by atoms with Crippen LogP contribution in [0.4, 0.5) is 0 Å². The Morgan fingerprint density at radius 1 is 0.950 bits per heavy atom. The second kappa shape index (κ2) is 6.73. The molecule has 2 unspecified atom stereocenters. The summed E-state index contributed by atoms with van der Waals surface area (Å²) in [6, 6.07) is 8.82. The molecular formula is C18H31NO. The predicted octanol–water partition coefficient (Wildman–Crippen LogP) is 4.04. The summed E-state index contributed by atoms with van der Waals surface area (Å²) < 4.78 is 0. The van der Waals surface area contributed by atoms with E-state index in [1.54, 1.807) is 0 Å². The molecule has 114 valence electrons. The summed E-state index contributed by atoms with van der Waals surface area (Å²) in [7, 11) is 0. The number of aliphatic hydroxyl groups excluding tert-OH is 1. The van der Waals surface area contributed by atoms with Crippen LogP contribution >= 0.6 is 0 Å². The third-order valence-corrected chi connectivity index (χ3v) is 3.70. The Morgan fingerprint density at radius 2 is 1.45 bits per heavy atom. The fraction of sp³-hybridized carbons (Fsp3) is 0.667. The van der Waals surface area contributed by atoms with E-state index in [-0.39, 0.29) is 11.5 Å². The van der Waals surface area contributed by atoms with Gasteiger partial charge in [0.15, 0.2) is 0 Å². The molecule has 2 N–H and O–H groups in total. The molecule has 0 fully saturated rings. The third kappa shape index (κ3) is 4.60. The molecule has 0 amide bonds. The maximum absolute atomic E-state index is 10.6. The Kier molecular flexibility index (Phi) is 5.79. The minimum absolute atomic E-state index is 0.0792. The minimum Gasteiger partial charge on any atom is -0.387 e. The van der Waals surface area contributed by atoms with Crippen molar-refractivity contribution in [2.75, 3.05) is 0 Å². The Morgan fingerprint density at radius 3 is 1.80 bits per heavy atom. The molecule has 1 aromatic rings.